The van der Waals surface area contributed by atoms with Gasteiger partial charge in [-0.1, -0.05) is 19.9 Å². The van der Waals surface area contributed by atoms with Gasteiger partial charge in [-0.15, -0.1) is 0 Å². The monoisotopic (exact) mass is 222 g/mol. The maximum atomic E-state index is 12.1. The van der Waals surface area contributed by atoms with Gasteiger partial charge in [-0.05, 0) is 32.4 Å². The van der Waals surface area contributed by atoms with E-state index in [0.29, 0.717) is 6.54 Å². The summed E-state index contributed by atoms with van der Waals surface area (Å²) >= 11 is 0. The largest absolute Gasteiger partial charge is 0.313 e. The Kier molecular flexibility index (Phi) is 5.26. The van der Waals surface area contributed by atoms with Crippen molar-refractivity contribution in [2.24, 2.45) is 0 Å². The van der Waals surface area contributed by atoms with Crippen molar-refractivity contribution in [3.05, 3.63) is 33.7 Å². The van der Waals surface area contributed by atoms with Gasteiger partial charge in [0.2, 0.25) is 0 Å². The molecule has 3 heteroatoms. The van der Waals surface area contributed by atoms with Crippen molar-refractivity contribution >= 4 is 0 Å². The van der Waals surface area contributed by atoms with Gasteiger partial charge in [0.25, 0.3) is 5.56 Å². The Morgan fingerprint density at radius 3 is 2.62 bits per heavy atom. The molecule has 0 aliphatic rings. The van der Waals surface area contributed by atoms with Crippen LogP contribution in [-0.4, -0.2) is 11.1 Å². The molecule has 0 aliphatic heterocycles. The van der Waals surface area contributed by atoms with Crippen LogP contribution in [0.25, 0.3) is 0 Å². The van der Waals surface area contributed by atoms with Crippen LogP contribution in [0.1, 0.15) is 37.9 Å². The van der Waals surface area contributed by atoms with E-state index in [9.17, 15) is 4.79 Å². The lowest BCUT2D eigenvalue weighted by Crippen LogP contribution is -2.28. The third-order valence-electron chi connectivity index (χ3n) is 2.66. The first-order valence-electron chi connectivity index (χ1n) is 6.10. The molecule has 0 amide bonds. The molecule has 1 N–H and O–H groups in total. The number of nitrogens with zero attached hydrogens (tertiary/aromatic N) is 1. The molecule has 90 valence electrons. The van der Waals surface area contributed by atoms with Gasteiger partial charge >= 0.3 is 0 Å². The average Bonchev–Trinajstić information content (AvgIpc) is 2.28. The van der Waals surface area contributed by atoms with Crippen LogP contribution in [0.15, 0.2) is 16.9 Å². The smallest absolute Gasteiger partial charge is 0.255 e. The lowest BCUT2D eigenvalue weighted by atomic mass is 10.2. The first kappa shape index (κ1) is 13.0. The third-order valence-corrected chi connectivity index (χ3v) is 2.66. The molecule has 0 spiro atoms. The number of nitrogens with one attached hydrogen (secondary N) is 1. The van der Waals surface area contributed by atoms with E-state index in [1.807, 2.05) is 23.6 Å². The number of pyridine rings is 1. The van der Waals surface area contributed by atoms with Gasteiger partial charge in [-0.25, -0.2) is 0 Å². The molecule has 0 fully saturated rings. The molecular formula is C13H22N2O. The summed E-state index contributed by atoms with van der Waals surface area (Å²) in [4.78, 5) is 12.1. The van der Waals surface area contributed by atoms with E-state index in [0.717, 1.165) is 37.2 Å². The molecule has 0 atom stereocenters. The first-order chi connectivity index (χ1) is 7.70. The van der Waals surface area contributed by atoms with E-state index >= 15 is 0 Å². The summed E-state index contributed by atoms with van der Waals surface area (Å²) in [6, 6.07) is 3.96. The van der Waals surface area contributed by atoms with Crippen LogP contribution in [-0.2, 0) is 13.1 Å². The number of rotatable bonds is 6. The summed E-state index contributed by atoms with van der Waals surface area (Å²) in [6.07, 6.45) is 2.08. The van der Waals surface area contributed by atoms with Crippen LogP contribution < -0.4 is 10.9 Å². The quantitative estimate of drug-likeness (QED) is 0.748. The Balaban J connectivity index is 2.86. The summed E-state index contributed by atoms with van der Waals surface area (Å²) in [5, 5.41) is 3.27. The molecule has 0 bridgehead atoms. The van der Waals surface area contributed by atoms with E-state index in [2.05, 4.69) is 19.2 Å². The van der Waals surface area contributed by atoms with Gasteiger partial charge in [-0.3, -0.25) is 4.79 Å². The second kappa shape index (κ2) is 6.48. The highest BCUT2D eigenvalue weighted by molar-refractivity contribution is 5.15. The predicted molar refractivity (Wildman–Crippen MR) is 67.7 cm³/mol. The number of hydrogen-bond acceptors (Lipinski definition) is 2. The van der Waals surface area contributed by atoms with E-state index in [4.69, 9.17) is 0 Å². The summed E-state index contributed by atoms with van der Waals surface area (Å²) < 4.78 is 1.86. The van der Waals surface area contributed by atoms with Crippen molar-refractivity contribution in [3.8, 4) is 0 Å². The maximum absolute atomic E-state index is 12.1. The van der Waals surface area contributed by atoms with Gasteiger partial charge in [0, 0.05) is 24.3 Å². The van der Waals surface area contributed by atoms with Crippen LogP contribution in [0.2, 0.25) is 0 Å². The molecule has 0 unspecified atom stereocenters. The number of aromatic nitrogens is 1. The van der Waals surface area contributed by atoms with Crippen LogP contribution in [0.3, 0.4) is 0 Å². The van der Waals surface area contributed by atoms with Crippen molar-refractivity contribution in [3.63, 3.8) is 0 Å². The van der Waals surface area contributed by atoms with Crippen molar-refractivity contribution in [1.29, 1.82) is 0 Å². The zero-order valence-corrected chi connectivity index (χ0v) is 10.5. The molecule has 1 aromatic heterocycles. The molecule has 1 heterocycles. The zero-order chi connectivity index (χ0) is 12.0. The average molecular weight is 222 g/mol. The van der Waals surface area contributed by atoms with E-state index in [-0.39, 0.29) is 5.56 Å². The van der Waals surface area contributed by atoms with Crippen molar-refractivity contribution in [1.82, 2.24) is 9.88 Å². The minimum Gasteiger partial charge on any atom is -0.313 e. The zero-order valence-electron chi connectivity index (χ0n) is 10.5. The standard InChI is InChI=1S/C13H22N2O/c1-4-8-14-10-12-7-6-11(3)15(9-5-2)13(12)16/h6-7,14H,4-5,8-10H2,1-3H3. The fraction of sp³-hybridized carbons (Fsp3) is 0.615. The number of hydrogen-bond donors (Lipinski definition) is 1. The second-order valence-corrected chi connectivity index (χ2v) is 4.13. The highest BCUT2D eigenvalue weighted by Crippen LogP contribution is 1.99. The van der Waals surface area contributed by atoms with Gasteiger partial charge in [-0.2, -0.15) is 0 Å². The minimum absolute atomic E-state index is 0.158. The summed E-state index contributed by atoms with van der Waals surface area (Å²) in [6.45, 7) is 8.65. The molecule has 1 rings (SSSR count). The summed E-state index contributed by atoms with van der Waals surface area (Å²) in [5.41, 5.74) is 2.07. The van der Waals surface area contributed by atoms with Crippen molar-refractivity contribution in [2.45, 2.75) is 46.7 Å². The molecule has 0 saturated heterocycles. The van der Waals surface area contributed by atoms with Crippen molar-refractivity contribution in [2.75, 3.05) is 6.54 Å². The van der Waals surface area contributed by atoms with Gasteiger partial charge in [0.05, 0.1) is 0 Å². The molecular weight excluding hydrogens is 200 g/mol. The van der Waals surface area contributed by atoms with Crippen LogP contribution in [0, 0.1) is 6.92 Å². The molecule has 3 nitrogen and oxygen atoms in total. The normalized spacial score (nSPS) is 10.7. The Morgan fingerprint density at radius 2 is 2.00 bits per heavy atom. The molecule has 1 aromatic rings. The molecule has 0 aromatic carbocycles. The lowest BCUT2D eigenvalue weighted by Gasteiger charge is -2.11. The van der Waals surface area contributed by atoms with Gasteiger partial charge < -0.3 is 9.88 Å². The predicted octanol–water partition coefficient (Wildman–Crippen LogP) is 2.07. The van der Waals surface area contributed by atoms with Crippen LogP contribution in [0.4, 0.5) is 0 Å². The van der Waals surface area contributed by atoms with Gasteiger partial charge in [0.1, 0.15) is 0 Å². The van der Waals surface area contributed by atoms with E-state index in [1.54, 1.807) is 0 Å². The van der Waals surface area contributed by atoms with Crippen LogP contribution in [0.5, 0.6) is 0 Å². The Morgan fingerprint density at radius 1 is 1.25 bits per heavy atom. The van der Waals surface area contributed by atoms with Crippen LogP contribution >= 0.6 is 0 Å². The van der Waals surface area contributed by atoms with E-state index in [1.165, 1.54) is 0 Å². The van der Waals surface area contributed by atoms with E-state index < -0.39 is 0 Å². The maximum Gasteiger partial charge on any atom is 0.255 e. The number of aryl methyl sites for hydroxylation is 1. The molecule has 0 saturated carbocycles. The fourth-order valence-corrected chi connectivity index (χ4v) is 1.75. The Labute approximate surface area is 97.5 Å². The highest BCUT2D eigenvalue weighted by atomic mass is 16.1. The first-order valence-corrected chi connectivity index (χ1v) is 6.10. The topological polar surface area (TPSA) is 34.0 Å². The molecule has 0 aliphatic carbocycles. The lowest BCUT2D eigenvalue weighted by molar-refractivity contribution is 0.612. The Bertz CT molecular complexity index is 382. The summed E-state index contributed by atoms with van der Waals surface area (Å²) in [5.74, 6) is 0. The van der Waals surface area contributed by atoms with Gasteiger partial charge in [0.15, 0.2) is 0 Å². The fourth-order valence-electron chi connectivity index (χ4n) is 1.75. The third kappa shape index (κ3) is 3.20. The van der Waals surface area contributed by atoms with Crippen molar-refractivity contribution < 1.29 is 0 Å². The molecule has 0 radical (unpaired) electrons. The summed E-state index contributed by atoms with van der Waals surface area (Å²) in [7, 11) is 0. The Hall–Kier alpha value is -1.09. The second-order valence-electron chi connectivity index (χ2n) is 4.13. The molecule has 16 heavy (non-hydrogen) atoms. The highest BCUT2D eigenvalue weighted by Gasteiger charge is 2.04. The minimum atomic E-state index is 0.158. The SMILES string of the molecule is CCCNCc1ccc(C)n(CCC)c1=O.